The molecule has 1 N–H and O–H groups in total. The lowest BCUT2D eigenvalue weighted by Crippen LogP contribution is -2.38. The van der Waals surface area contributed by atoms with Gasteiger partial charge in [0.15, 0.2) is 11.5 Å². The van der Waals surface area contributed by atoms with E-state index in [0.29, 0.717) is 48.0 Å². The minimum atomic E-state index is 0.464. The molecule has 35 heavy (non-hydrogen) atoms. The van der Waals surface area contributed by atoms with E-state index in [-0.39, 0.29) is 0 Å². The van der Waals surface area contributed by atoms with Crippen LogP contribution in [-0.2, 0) is 4.74 Å². The van der Waals surface area contributed by atoms with E-state index in [1.807, 2.05) is 56.3 Å². The molecule has 1 aliphatic heterocycles. The second kappa shape index (κ2) is 12.6. The highest BCUT2D eigenvalue weighted by atomic mass is 35.5. The van der Waals surface area contributed by atoms with Crippen molar-refractivity contribution in [3.63, 3.8) is 0 Å². The second-order valence-corrected chi connectivity index (χ2v) is 8.31. The van der Waals surface area contributed by atoms with Crippen LogP contribution in [0.3, 0.4) is 0 Å². The first-order valence-electron chi connectivity index (χ1n) is 11.9. The average Bonchev–Trinajstić information content (AvgIpc) is 2.86. The van der Waals surface area contributed by atoms with Crippen molar-refractivity contribution >= 4 is 23.2 Å². The smallest absolute Gasteiger partial charge is 0.227 e. The molecular weight excluding hydrogens is 468 g/mol. The summed E-state index contributed by atoms with van der Waals surface area (Å²) in [6, 6.07) is 13.1. The molecule has 0 bridgehead atoms. The zero-order valence-electron chi connectivity index (χ0n) is 20.1. The van der Waals surface area contributed by atoms with E-state index >= 15 is 0 Å². The molecule has 186 valence electrons. The fraction of sp³-hybridized carbons (Fsp3) is 0.385. The number of anilines is 2. The molecule has 8 nitrogen and oxygen atoms in total. The predicted molar refractivity (Wildman–Crippen MR) is 137 cm³/mol. The summed E-state index contributed by atoms with van der Waals surface area (Å²) in [5.41, 5.74) is 2.38. The van der Waals surface area contributed by atoms with Gasteiger partial charge in [0.1, 0.15) is 6.61 Å². The number of hydrogen-bond acceptors (Lipinski definition) is 8. The molecule has 0 spiro atoms. The van der Waals surface area contributed by atoms with Crippen LogP contribution in [0, 0.1) is 0 Å². The second-order valence-electron chi connectivity index (χ2n) is 7.87. The summed E-state index contributed by atoms with van der Waals surface area (Å²) in [4.78, 5) is 11.4. The molecule has 0 radical (unpaired) electrons. The zero-order chi connectivity index (χ0) is 24.5. The molecule has 0 unspecified atom stereocenters. The van der Waals surface area contributed by atoms with E-state index in [2.05, 4.69) is 20.2 Å². The molecule has 1 aromatic heterocycles. The number of hydrogen-bond donors (Lipinski definition) is 1. The van der Waals surface area contributed by atoms with Crippen LogP contribution in [0.1, 0.15) is 13.8 Å². The molecule has 0 saturated carbocycles. The van der Waals surface area contributed by atoms with Gasteiger partial charge >= 0.3 is 0 Å². The lowest BCUT2D eigenvalue weighted by atomic mass is 10.1. The number of halogens is 1. The topological polar surface area (TPSA) is 78.0 Å². The third kappa shape index (κ3) is 6.97. The number of nitrogens with one attached hydrogen (secondary N) is 1. The van der Waals surface area contributed by atoms with Crippen LogP contribution in [0.2, 0.25) is 5.02 Å². The maximum absolute atomic E-state index is 6.19. The normalized spacial score (nSPS) is 13.9. The lowest BCUT2D eigenvalue weighted by Gasteiger charge is -2.26. The van der Waals surface area contributed by atoms with Crippen molar-refractivity contribution in [1.82, 2.24) is 14.9 Å². The fourth-order valence-corrected chi connectivity index (χ4v) is 3.96. The van der Waals surface area contributed by atoms with E-state index in [1.54, 1.807) is 6.20 Å². The quantitative estimate of drug-likeness (QED) is 0.393. The van der Waals surface area contributed by atoms with Gasteiger partial charge in [0, 0.05) is 42.1 Å². The first-order chi connectivity index (χ1) is 17.2. The van der Waals surface area contributed by atoms with E-state index < -0.39 is 0 Å². The van der Waals surface area contributed by atoms with Crippen LogP contribution in [0.15, 0.2) is 48.7 Å². The Morgan fingerprint density at radius 1 is 1.00 bits per heavy atom. The molecule has 0 atom stereocenters. The van der Waals surface area contributed by atoms with E-state index in [9.17, 15) is 0 Å². The number of ether oxygens (including phenoxy) is 4. The predicted octanol–water partition coefficient (Wildman–Crippen LogP) is 5.05. The van der Waals surface area contributed by atoms with Crippen LogP contribution >= 0.6 is 11.6 Å². The van der Waals surface area contributed by atoms with Gasteiger partial charge in [0.2, 0.25) is 11.7 Å². The van der Waals surface area contributed by atoms with Gasteiger partial charge in [-0.3, -0.25) is 4.90 Å². The summed E-state index contributed by atoms with van der Waals surface area (Å²) in [5, 5.41) is 3.83. The Bertz CT molecular complexity index is 1080. The summed E-state index contributed by atoms with van der Waals surface area (Å²) in [7, 11) is 0. The molecule has 3 aromatic rings. The van der Waals surface area contributed by atoms with Gasteiger partial charge in [0.25, 0.3) is 0 Å². The first kappa shape index (κ1) is 25.0. The number of aromatic nitrogens is 2. The lowest BCUT2D eigenvalue weighted by molar-refractivity contribution is 0.0319. The summed E-state index contributed by atoms with van der Waals surface area (Å²) < 4.78 is 23.5. The SMILES string of the molecule is CCOc1cc(-c2ccnc(Nc3cccc(Cl)c3)n2)cc(OCC)c1OCCN1CCOCC1. The number of benzene rings is 2. The third-order valence-corrected chi connectivity index (χ3v) is 5.65. The number of nitrogens with zero attached hydrogens (tertiary/aromatic N) is 3. The minimum Gasteiger partial charge on any atom is -0.490 e. The van der Waals surface area contributed by atoms with Crippen LogP contribution in [0.4, 0.5) is 11.6 Å². The minimum absolute atomic E-state index is 0.464. The van der Waals surface area contributed by atoms with E-state index in [4.69, 9.17) is 30.5 Å². The molecule has 1 saturated heterocycles. The van der Waals surface area contributed by atoms with Crippen LogP contribution in [-0.4, -0.2) is 67.5 Å². The van der Waals surface area contributed by atoms with Crippen LogP contribution in [0.5, 0.6) is 17.2 Å². The third-order valence-electron chi connectivity index (χ3n) is 5.41. The van der Waals surface area contributed by atoms with Crippen molar-refractivity contribution < 1.29 is 18.9 Å². The van der Waals surface area contributed by atoms with E-state index in [0.717, 1.165) is 49.8 Å². The Labute approximate surface area is 211 Å². The van der Waals surface area contributed by atoms with Crippen molar-refractivity contribution in [3.05, 3.63) is 53.7 Å². The van der Waals surface area contributed by atoms with Gasteiger partial charge in [-0.25, -0.2) is 9.97 Å². The summed E-state index contributed by atoms with van der Waals surface area (Å²) >= 11 is 6.10. The molecule has 0 amide bonds. The van der Waals surface area contributed by atoms with Gasteiger partial charge in [-0.1, -0.05) is 17.7 Å². The molecular formula is C26H31ClN4O4. The van der Waals surface area contributed by atoms with Gasteiger partial charge in [-0.2, -0.15) is 0 Å². The van der Waals surface area contributed by atoms with Gasteiger partial charge < -0.3 is 24.3 Å². The number of rotatable bonds is 11. The summed E-state index contributed by atoms with van der Waals surface area (Å²) in [6.07, 6.45) is 1.71. The average molecular weight is 499 g/mol. The molecule has 9 heteroatoms. The largest absolute Gasteiger partial charge is 0.490 e. The number of morpholine rings is 1. The van der Waals surface area contributed by atoms with Crippen molar-refractivity contribution in [1.29, 1.82) is 0 Å². The van der Waals surface area contributed by atoms with Crippen molar-refractivity contribution in [2.24, 2.45) is 0 Å². The molecule has 2 heterocycles. The molecule has 4 rings (SSSR count). The van der Waals surface area contributed by atoms with Gasteiger partial charge in [0.05, 0.1) is 32.1 Å². The highest BCUT2D eigenvalue weighted by molar-refractivity contribution is 6.30. The zero-order valence-corrected chi connectivity index (χ0v) is 20.9. The van der Waals surface area contributed by atoms with Crippen molar-refractivity contribution in [2.45, 2.75) is 13.8 Å². The maximum Gasteiger partial charge on any atom is 0.227 e. The van der Waals surface area contributed by atoms with Crippen molar-refractivity contribution in [2.75, 3.05) is 58.0 Å². The van der Waals surface area contributed by atoms with Crippen LogP contribution in [0.25, 0.3) is 11.3 Å². The Morgan fingerprint density at radius 2 is 1.74 bits per heavy atom. The van der Waals surface area contributed by atoms with Crippen LogP contribution < -0.4 is 19.5 Å². The van der Waals surface area contributed by atoms with Crippen molar-refractivity contribution in [3.8, 4) is 28.5 Å². The molecule has 1 fully saturated rings. The Kier molecular flexibility index (Phi) is 9.00. The standard InChI is InChI=1S/C26H31ClN4O4/c1-3-33-23-16-19(22-8-9-28-26(30-22)29-21-7-5-6-20(27)18-21)17-24(34-4-2)25(23)35-15-12-31-10-13-32-14-11-31/h5-9,16-18H,3-4,10-15H2,1-2H3,(H,28,29,30). The highest BCUT2D eigenvalue weighted by Crippen LogP contribution is 2.41. The fourth-order valence-electron chi connectivity index (χ4n) is 3.77. The first-order valence-corrected chi connectivity index (χ1v) is 12.3. The van der Waals surface area contributed by atoms with Gasteiger partial charge in [-0.05, 0) is 50.2 Å². The monoisotopic (exact) mass is 498 g/mol. The summed E-state index contributed by atoms with van der Waals surface area (Å²) in [5.74, 6) is 2.32. The summed E-state index contributed by atoms with van der Waals surface area (Å²) in [6.45, 7) is 9.58. The Balaban J connectivity index is 1.57. The maximum atomic E-state index is 6.19. The Hall–Kier alpha value is -3.07. The Morgan fingerprint density at radius 3 is 2.43 bits per heavy atom. The van der Waals surface area contributed by atoms with Gasteiger partial charge in [-0.15, -0.1) is 0 Å². The van der Waals surface area contributed by atoms with E-state index in [1.165, 1.54) is 0 Å². The molecule has 2 aromatic carbocycles. The highest BCUT2D eigenvalue weighted by Gasteiger charge is 2.18. The molecule has 0 aliphatic carbocycles. The molecule has 1 aliphatic rings.